The van der Waals surface area contributed by atoms with Gasteiger partial charge < -0.3 is 4.74 Å². The molecule has 1 unspecified atom stereocenters. The fraction of sp³-hybridized carbons (Fsp3) is 0.684. The third-order valence-corrected chi connectivity index (χ3v) is 3.94. The molecule has 0 aliphatic carbocycles. The SMILES string of the molecule is CCCCCCCCCCCC(C)OC(=O)c1ccncc1. The van der Waals surface area contributed by atoms with E-state index in [1.807, 2.05) is 6.92 Å². The molecule has 1 rings (SSSR count). The van der Waals surface area contributed by atoms with Gasteiger partial charge >= 0.3 is 5.97 Å². The van der Waals surface area contributed by atoms with Crippen LogP contribution in [0.15, 0.2) is 24.5 Å². The van der Waals surface area contributed by atoms with Crippen molar-refractivity contribution in [1.29, 1.82) is 0 Å². The van der Waals surface area contributed by atoms with Gasteiger partial charge in [-0.05, 0) is 31.9 Å². The molecular formula is C19H31NO2. The van der Waals surface area contributed by atoms with Crippen LogP contribution < -0.4 is 0 Å². The maximum atomic E-state index is 11.9. The molecule has 0 spiro atoms. The summed E-state index contributed by atoms with van der Waals surface area (Å²) in [6.07, 6.45) is 16.0. The van der Waals surface area contributed by atoms with Crippen LogP contribution in [-0.2, 0) is 4.74 Å². The smallest absolute Gasteiger partial charge is 0.338 e. The molecule has 0 bridgehead atoms. The average Bonchev–Trinajstić information content (AvgIpc) is 2.54. The first-order valence-electron chi connectivity index (χ1n) is 8.85. The van der Waals surface area contributed by atoms with E-state index >= 15 is 0 Å². The second-order valence-electron chi connectivity index (χ2n) is 6.07. The molecule has 3 heteroatoms. The summed E-state index contributed by atoms with van der Waals surface area (Å²) in [4.78, 5) is 15.8. The van der Waals surface area contributed by atoms with E-state index in [0.717, 1.165) is 12.8 Å². The molecule has 0 aliphatic heterocycles. The largest absolute Gasteiger partial charge is 0.459 e. The maximum absolute atomic E-state index is 11.9. The number of unbranched alkanes of at least 4 members (excludes halogenated alkanes) is 8. The normalized spacial score (nSPS) is 12.1. The summed E-state index contributed by atoms with van der Waals surface area (Å²) >= 11 is 0. The van der Waals surface area contributed by atoms with Crippen LogP contribution >= 0.6 is 0 Å². The number of carbonyl (C=O) groups is 1. The molecular weight excluding hydrogens is 274 g/mol. The van der Waals surface area contributed by atoms with Crippen molar-refractivity contribution in [2.75, 3.05) is 0 Å². The Morgan fingerprint density at radius 3 is 2.14 bits per heavy atom. The molecule has 0 radical (unpaired) electrons. The van der Waals surface area contributed by atoms with E-state index in [4.69, 9.17) is 4.74 Å². The molecule has 0 aromatic carbocycles. The molecule has 0 N–H and O–H groups in total. The van der Waals surface area contributed by atoms with Crippen molar-refractivity contribution in [3.63, 3.8) is 0 Å². The van der Waals surface area contributed by atoms with Gasteiger partial charge in [0, 0.05) is 12.4 Å². The first-order valence-corrected chi connectivity index (χ1v) is 8.85. The van der Waals surface area contributed by atoms with Gasteiger partial charge in [-0.25, -0.2) is 4.79 Å². The molecule has 0 saturated carbocycles. The van der Waals surface area contributed by atoms with E-state index in [1.165, 1.54) is 51.4 Å². The van der Waals surface area contributed by atoms with Gasteiger partial charge in [0.15, 0.2) is 0 Å². The highest BCUT2D eigenvalue weighted by molar-refractivity contribution is 5.89. The van der Waals surface area contributed by atoms with Gasteiger partial charge in [0.1, 0.15) is 0 Å². The maximum Gasteiger partial charge on any atom is 0.338 e. The number of hydrogen-bond donors (Lipinski definition) is 0. The third-order valence-electron chi connectivity index (χ3n) is 3.94. The predicted molar refractivity (Wildman–Crippen MR) is 91.0 cm³/mol. The zero-order chi connectivity index (χ0) is 16.0. The van der Waals surface area contributed by atoms with Gasteiger partial charge in [-0.3, -0.25) is 4.98 Å². The number of carbonyl (C=O) groups excluding carboxylic acids is 1. The number of ether oxygens (including phenoxy) is 1. The molecule has 1 heterocycles. The second kappa shape index (κ2) is 12.2. The summed E-state index contributed by atoms with van der Waals surface area (Å²) in [6.45, 7) is 4.23. The Morgan fingerprint density at radius 2 is 1.55 bits per heavy atom. The van der Waals surface area contributed by atoms with E-state index in [1.54, 1.807) is 24.5 Å². The minimum Gasteiger partial charge on any atom is -0.459 e. The van der Waals surface area contributed by atoms with Crippen LogP contribution in [0.1, 0.15) is 88.4 Å². The third kappa shape index (κ3) is 8.81. The lowest BCUT2D eigenvalue weighted by Crippen LogP contribution is -2.15. The van der Waals surface area contributed by atoms with Gasteiger partial charge in [-0.2, -0.15) is 0 Å². The fourth-order valence-electron chi connectivity index (χ4n) is 2.54. The molecule has 1 aromatic rings. The first-order chi connectivity index (χ1) is 10.7. The van der Waals surface area contributed by atoms with Gasteiger partial charge in [0.25, 0.3) is 0 Å². The Morgan fingerprint density at radius 1 is 1.00 bits per heavy atom. The minimum absolute atomic E-state index is 0.00906. The van der Waals surface area contributed by atoms with Gasteiger partial charge in [0.2, 0.25) is 0 Å². The van der Waals surface area contributed by atoms with E-state index in [0.29, 0.717) is 5.56 Å². The van der Waals surface area contributed by atoms with Gasteiger partial charge in [-0.15, -0.1) is 0 Å². The van der Waals surface area contributed by atoms with Crippen LogP contribution in [0.2, 0.25) is 0 Å². The zero-order valence-corrected chi connectivity index (χ0v) is 14.2. The van der Waals surface area contributed by atoms with Crippen LogP contribution in [0.4, 0.5) is 0 Å². The number of nitrogens with zero attached hydrogens (tertiary/aromatic N) is 1. The second-order valence-corrected chi connectivity index (χ2v) is 6.07. The van der Waals surface area contributed by atoms with Crippen LogP contribution in [-0.4, -0.2) is 17.1 Å². The Kier molecular flexibility index (Phi) is 10.3. The molecule has 1 aromatic heterocycles. The molecule has 22 heavy (non-hydrogen) atoms. The van der Waals surface area contributed by atoms with Crippen LogP contribution in [0.3, 0.4) is 0 Å². The molecule has 0 fully saturated rings. The predicted octanol–water partition coefficient (Wildman–Crippen LogP) is 5.55. The monoisotopic (exact) mass is 305 g/mol. The van der Waals surface area contributed by atoms with Crippen LogP contribution in [0, 0.1) is 0 Å². The molecule has 1 atom stereocenters. The molecule has 0 amide bonds. The van der Waals surface area contributed by atoms with E-state index in [9.17, 15) is 4.79 Å². The van der Waals surface area contributed by atoms with Crippen molar-refractivity contribution in [2.24, 2.45) is 0 Å². The van der Waals surface area contributed by atoms with Crippen molar-refractivity contribution in [1.82, 2.24) is 4.98 Å². The Bertz CT molecular complexity index is 392. The number of esters is 1. The van der Waals surface area contributed by atoms with Gasteiger partial charge in [-0.1, -0.05) is 58.3 Å². The quantitative estimate of drug-likeness (QED) is 0.375. The summed E-state index contributed by atoms with van der Waals surface area (Å²) in [7, 11) is 0. The highest BCUT2D eigenvalue weighted by Gasteiger charge is 2.11. The van der Waals surface area contributed by atoms with Crippen LogP contribution in [0.5, 0.6) is 0 Å². The fourth-order valence-corrected chi connectivity index (χ4v) is 2.54. The lowest BCUT2D eigenvalue weighted by atomic mass is 10.1. The number of aromatic nitrogens is 1. The Hall–Kier alpha value is -1.38. The lowest BCUT2D eigenvalue weighted by molar-refractivity contribution is 0.0319. The van der Waals surface area contributed by atoms with E-state index in [2.05, 4.69) is 11.9 Å². The van der Waals surface area contributed by atoms with E-state index in [-0.39, 0.29) is 12.1 Å². The summed E-state index contributed by atoms with van der Waals surface area (Å²) < 4.78 is 5.44. The van der Waals surface area contributed by atoms with Crippen molar-refractivity contribution >= 4 is 5.97 Å². The lowest BCUT2D eigenvalue weighted by Gasteiger charge is -2.13. The summed E-state index contributed by atoms with van der Waals surface area (Å²) in [5, 5.41) is 0. The summed E-state index contributed by atoms with van der Waals surface area (Å²) in [6, 6.07) is 3.38. The average molecular weight is 305 g/mol. The molecule has 0 saturated heterocycles. The summed E-state index contributed by atoms with van der Waals surface area (Å²) in [5.41, 5.74) is 0.578. The Labute approximate surface area is 135 Å². The highest BCUT2D eigenvalue weighted by atomic mass is 16.5. The zero-order valence-electron chi connectivity index (χ0n) is 14.2. The topological polar surface area (TPSA) is 39.2 Å². The summed E-state index contributed by atoms with van der Waals surface area (Å²) in [5.74, 6) is -0.245. The van der Waals surface area contributed by atoms with Crippen molar-refractivity contribution in [3.05, 3.63) is 30.1 Å². The Balaban J connectivity index is 1.99. The standard InChI is InChI=1S/C19H31NO2/c1-3-4-5-6-7-8-9-10-11-12-17(2)22-19(21)18-13-15-20-16-14-18/h13-17H,3-12H2,1-2H3. The van der Waals surface area contributed by atoms with E-state index < -0.39 is 0 Å². The molecule has 3 nitrogen and oxygen atoms in total. The van der Waals surface area contributed by atoms with Crippen molar-refractivity contribution < 1.29 is 9.53 Å². The van der Waals surface area contributed by atoms with Crippen molar-refractivity contribution in [3.8, 4) is 0 Å². The van der Waals surface area contributed by atoms with Gasteiger partial charge in [0.05, 0.1) is 11.7 Å². The first kappa shape index (κ1) is 18.7. The molecule has 0 aliphatic rings. The number of hydrogen-bond acceptors (Lipinski definition) is 3. The number of rotatable bonds is 12. The minimum atomic E-state index is -0.245. The van der Waals surface area contributed by atoms with Crippen molar-refractivity contribution in [2.45, 2.75) is 84.2 Å². The van der Waals surface area contributed by atoms with Crippen LogP contribution in [0.25, 0.3) is 0 Å². The number of pyridine rings is 1. The highest BCUT2D eigenvalue weighted by Crippen LogP contribution is 2.13. The molecule has 124 valence electrons.